The van der Waals surface area contributed by atoms with Gasteiger partial charge in [-0.1, -0.05) is 17.7 Å². The Morgan fingerprint density at radius 1 is 1.21 bits per heavy atom. The number of hydrogen-bond acceptors (Lipinski definition) is 5. The molecule has 0 unspecified atom stereocenters. The molecule has 0 radical (unpaired) electrons. The molecule has 1 aromatic carbocycles. The summed E-state index contributed by atoms with van der Waals surface area (Å²) < 4.78 is 33.2. The van der Waals surface area contributed by atoms with Crippen molar-refractivity contribution in [1.29, 1.82) is 0 Å². The maximum atomic E-state index is 11.8. The van der Waals surface area contributed by atoms with Crippen LogP contribution >= 0.6 is 0 Å². The number of hydrogen-bond donors (Lipinski definition) is 0. The Kier molecular flexibility index (Phi) is 3.82. The number of rotatable bonds is 5. The zero-order chi connectivity index (χ0) is 13.9. The van der Waals surface area contributed by atoms with Crippen LogP contribution in [0, 0.1) is 6.92 Å². The number of ketones is 1. The predicted octanol–water partition coefficient (Wildman–Crippen LogP) is 2.18. The summed E-state index contributed by atoms with van der Waals surface area (Å²) in [5.74, 6) is -0.459. The molecule has 0 spiro atoms. The maximum Gasteiger partial charge on any atom is 0.297 e. The molecule has 5 nitrogen and oxygen atoms in total. The monoisotopic (exact) mass is 280 g/mol. The highest BCUT2D eigenvalue weighted by atomic mass is 32.2. The smallest absolute Gasteiger partial charge is 0.297 e. The third kappa shape index (κ3) is 3.30. The summed E-state index contributed by atoms with van der Waals surface area (Å²) in [5.41, 5.74) is 0.936. The molecular weight excluding hydrogens is 268 g/mol. The van der Waals surface area contributed by atoms with Gasteiger partial charge in [0.25, 0.3) is 10.1 Å². The Morgan fingerprint density at radius 3 is 2.47 bits per heavy atom. The van der Waals surface area contributed by atoms with Gasteiger partial charge >= 0.3 is 0 Å². The first-order chi connectivity index (χ1) is 8.99. The molecule has 19 heavy (non-hydrogen) atoms. The molecule has 0 atom stereocenters. The van der Waals surface area contributed by atoms with Crippen molar-refractivity contribution in [2.24, 2.45) is 0 Å². The van der Waals surface area contributed by atoms with Crippen molar-refractivity contribution in [3.8, 4) is 0 Å². The first-order valence-electron chi connectivity index (χ1n) is 5.52. The van der Waals surface area contributed by atoms with E-state index in [0.29, 0.717) is 0 Å². The average molecular weight is 280 g/mol. The van der Waals surface area contributed by atoms with E-state index in [1.807, 2.05) is 6.92 Å². The fourth-order valence-electron chi connectivity index (χ4n) is 1.41. The van der Waals surface area contributed by atoms with Gasteiger partial charge in [-0.15, -0.1) is 0 Å². The summed E-state index contributed by atoms with van der Waals surface area (Å²) in [6.45, 7) is 1.27. The normalized spacial score (nSPS) is 11.4. The highest BCUT2D eigenvalue weighted by Gasteiger charge is 2.18. The number of aryl methyl sites for hydroxylation is 1. The van der Waals surface area contributed by atoms with Gasteiger partial charge in [0.1, 0.15) is 6.61 Å². The molecule has 1 heterocycles. The maximum absolute atomic E-state index is 11.8. The summed E-state index contributed by atoms with van der Waals surface area (Å²) in [4.78, 5) is 11.6. The highest BCUT2D eigenvalue weighted by Crippen LogP contribution is 2.13. The Balaban J connectivity index is 2.06. The van der Waals surface area contributed by atoms with Crippen LogP contribution in [0.4, 0.5) is 0 Å². The summed E-state index contributed by atoms with van der Waals surface area (Å²) in [6.07, 6.45) is 1.34. The first kappa shape index (κ1) is 13.5. The van der Waals surface area contributed by atoms with Crippen LogP contribution in [0.25, 0.3) is 0 Å². The van der Waals surface area contributed by atoms with Crippen molar-refractivity contribution in [2.75, 3.05) is 6.61 Å². The molecular formula is C13H12O5S. The molecule has 0 bridgehead atoms. The lowest BCUT2D eigenvalue weighted by Crippen LogP contribution is -2.14. The highest BCUT2D eigenvalue weighted by molar-refractivity contribution is 7.86. The van der Waals surface area contributed by atoms with Crippen molar-refractivity contribution in [2.45, 2.75) is 11.8 Å². The van der Waals surface area contributed by atoms with E-state index in [0.717, 1.165) is 5.56 Å². The quantitative estimate of drug-likeness (QED) is 0.620. The van der Waals surface area contributed by atoms with E-state index in [1.54, 1.807) is 18.2 Å². The summed E-state index contributed by atoms with van der Waals surface area (Å²) in [6, 6.07) is 9.17. The minimum atomic E-state index is -3.93. The molecule has 1 aromatic heterocycles. The van der Waals surface area contributed by atoms with E-state index in [1.165, 1.54) is 24.5 Å². The molecule has 0 amide bonds. The second kappa shape index (κ2) is 5.38. The van der Waals surface area contributed by atoms with Crippen molar-refractivity contribution in [3.05, 3.63) is 54.0 Å². The van der Waals surface area contributed by atoms with E-state index >= 15 is 0 Å². The number of benzene rings is 1. The van der Waals surface area contributed by atoms with Crippen LogP contribution in [-0.2, 0) is 14.3 Å². The lowest BCUT2D eigenvalue weighted by Gasteiger charge is -2.04. The topological polar surface area (TPSA) is 73.6 Å². The summed E-state index contributed by atoms with van der Waals surface area (Å²) >= 11 is 0. The third-order valence-electron chi connectivity index (χ3n) is 2.45. The second-order valence-electron chi connectivity index (χ2n) is 3.93. The van der Waals surface area contributed by atoms with Crippen molar-refractivity contribution >= 4 is 15.9 Å². The van der Waals surface area contributed by atoms with Gasteiger partial charge in [0, 0.05) is 0 Å². The SMILES string of the molecule is Cc1ccc(S(=O)(=O)OCC(=O)c2ccco2)cc1. The number of carbonyl (C=O) groups is 1. The Labute approximate surface area is 110 Å². The summed E-state index contributed by atoms with van der Waals surface area (Å²) in [7, 11) is -3.93. The standard InChI is InChI=1S/C13H12O5S/c1-10-4-6-11(7-5-10)19(15,16)18-9-12(14)13-3-2-8-17-13/h2-8H,9H2,1H3. The molecule has 0 aliphatic rings. The van der Waals surface area contributed by atoms with E-state index in [2.05, 4.69) is 0 Å². The van der Waals surface area contributed by atoms with Gasteiger partial charge in [-0.2, -0.15) is 8.42 Å². The van der Waals surface area contributed by atoms with Gasteiger partial charge < -0.3 is 4.42 Å². The van der Waals surface area contributed by atoms with E-state index in [4.69, 9.17) is 8.60 Å². The Bertz CT molecular complexity index is 654. The van der Waals surface area contributed by atoms with Gasteiger partial charge in [0.05, 0.1) is 11.2 Å². The zero-order valence-corrected chi connectivity index (χ0v) is 11.0. The third-order valence-corrected chi connectivity index (χ3v) is 3.73. The van der Waals surface area contributed by atoms with Gasteiger partial charge in [0.2, 0.25) is 5.78 Å². The van der Waals surface area contributed by atoms with Crippen LogP contribution in [0.5, 0.6) is 0 Å². The molecule has 6 heteroatoms. The molecule has 0 saturated heterocycles. The van der Waals surface area contributed by atoms with Crippen LogP contribution in [0.2, 0.25) is 0 Å². The largest absolute Gasteiger partial charge is 0.461 e. The molecule has 100 valence electrons. The fourth-order valence-corrected chi connectivity index (χ4v) is 2.28. The van der Waals surface area contributed by atoms with Crippen LogP contribution in [0.1, 0.15) is 16.1 Å². The van der Waals surface area contributed by atoms with Crippen molar-refractivity contribution < 1.29 is 21.8 Å². The number of carbonyl (C=O) groups excluding carboxylic acids is 1. The minimum absolute atomic E-state index is 0.0188. The molecule has 0 fully saturated rings. The van der Waals surface area contributed by atoms with E-state index in [-0.39, 0.29) is 10.7 Å². The van der Waals surface area contributed by atoms with Crippen LogP contribution in [0.3, 0.4) is 0 Å². The minimum Gasteiger partial charge on any atom is -0.461 e. The van der Waals surface area contributed by atoms with Crippen LogP contribution < -0.4 is 0 Å². The van der Waals surface area contributed by atoms with Crippen LogP contribution in [-0.4, -0.2) is 20.8 Å². The molecule has 2 rings (SSSR count). The molecule has 0 aliphatic heterocycles. The van der Waals surface area contributed by atoms with E-state index in [9.17, 15) is 13.2 Å². The second-order valence-corrected chi connectivity index (χ2v) is 5.55. The Hall–Kier alpha value is -1.92. The predicted molar refractivity (Wildman–Crippen MR) is 67.4 cm³/mol. The first-order valence-corrected chi connectivity index (χ1v) is 6.93. The average Bonchev–Trinajstić information content (AvgIpc) is 2.90. The van der Waals surface area contributed by atoms with Gasteiger partial charge in [0.15, 0.2) is 5.76 Å². The van der Waals surface area contributed by atoms with E-state index < -0.39 is 22.5 Å². The lowest BCUT2D eigenvalue weighted by molar-refractivity contribution is 0.0897. The van der Waals surface area contributed by atoms with Gasteiger partial charge in [-0.3, -0.25) is 8.98 Å². The van der Waals surface area contributed by atoms with Gasteiger partial charge in [-0.05, 0) is 31.2 Å². The van der Waals surface area contributed by atoms with Crippen LogP contribution in [0.15, 0.2) is 52.0 Å². The molecule has 0 aliphatic carbocycles. The zero-order valence-electron chi connectivity index (χ0n) is 10.2. The van der Waals surface area contributed by atoms with Gasteiger partial charge in [-0.25, -0.2) is 0 Å². The summed E-state index contributed by atoms with van der Waals surface area (Å²) in [5, 5.41) is 0. The molecule has 0 saturated carbocycles. The molecule has 0 N–H and O–H groups in total. The lowest BCUT2D eigenvalue weighted by atomic mass is 10.2. The number of furan rings is 1. The molecule has 2 aromatic rings. The van der Waals surface area contributed by atoms with Crippen molar-refractivity contribution in [1.82, 2.24) is 0 Å². The Morgan fingerprint density at radius 2 is 1.89 bits per heavy atom. The fraction of sp³-hybridized carbons (Fsp3) is 0.154. The number of Topliss-reactive ketones (excluding diaryl/α,β-unsaturated/α-hetero) is 1. The van der Waals surface area contributed by atoms with Crippen molar-refractivity contribution in [3.63, 3.8) is 0 Å².